The molecule has 86 valence electrons. The molecule has 0 N–H and O–H groups in total. The molecule has 3 heteroatoms. The van der Waals surface area contributed by atoms with Gasteiger partial charge in [0.15, 0.2) is 0 Å². The van der Waals surface area contributed by atoms with Crippen LogP contribution in [-0.4, -0.2) is 23.9 Å². The van der Waals surface area contributed by atoms with E-state index in [1.165, 1.54) is 22.8 Å². The topological polar surface area (TPSA) is 20.3 Å². The highest BCUT2D eigenvalue weighted by molar-refractivity contribution is 14.1. The lowest BCUT2D eigenvalue weighted by molar-refractivity contribution is -0.131. The predicted octanol–water partition coefficient (Wildman–Crippen LogP) is 2.85. The highest BCUT2D eigenvalue weighted by Gasteiger charge is 2.16. The summed E-state index contributed by atoms with van der Waals surface area (Å²) >= 11 is 2.28. The van der Waals surface area contributed by atoms with Crippen molar-refractivity contribution >= 4 is 28.5 Å². The molecular weight excluding hydrogens is 313 g/mol. The van der Waals surface area contributed by atoms with E-state index in [1.807, 2.05) is 17.0 Å². The molecule has 1 aromatic carbocycles. The molecule has 1 aromatic rings. The van der Waals surface area contributed by atoms with Gasteiger partial charge in [0, 0.05) is 16.7 Å². The second kappa shape index (κ2) is 5.66. The Balaban J connectivity index is 1.93. The molecule has 0 saturated carbocycles. The zero-order valence-corrected chi connectivity index (χ0v) is 11.4. The molecule has 16 heavy (non-hydrogen) atoms. The molecule has 2 rings (SSSR count). The van der Waals surface area contributed by atoms with Crippen LogP contribution >= 0.6 is 22.6 Å². The fourth-order valence-corrected chi connectivity index (χ4v) is 2.39. The monoisotopic (exact) mass is 329 g/mol. The van der Waals surface area contributed by atoms with Crippen molar-refractivity contribution in [3.63, 3.8) is 0 Å². The van der Waals surface area contributed by atoms with Crippen LogP contribution in [-0.2, 0) is 11.2 Å². The third-order valence-electron chi connectivity index (χ3n) is 2.98. The van der Waals surface area contributed by atoms with Gasteiger partial charge in [0.25, 0.3) is 0 Å². The zero-order valence-electron chi connectivity index (χ0n) is 9.29. The lowest BCUT2D eigenvalue weighted by Crippen LogP contribution is -2.36. The number of halogens is 1. The number of amides is 1. The lowest BCUT2D eigenvalue weighted by Gasteiger charge is -2.26. The quantitative estimate of drug-likeness (QED) is 0.764. The van der Waals surface area contributed by atoms with Gasteiger partial charge in [-0.3, -0.25) is 4.79 Å². The summed E-state index contributed by atoms with van der Waals surface area (Å²) in [5, 5.41) is 0. The molecule has 0 unspecified atom stereocenters. The molecule has 1 amide bonds. The van der Waals surface area contributed by atoms with Crippen molar-refractivity contribution in [1.82, 2.24) is 4.90 Å². The van der Waals surface area contributed by atoms with Crippen LogP contribution in [0.2, 0.25) is 0 Å². The number of hydrogen-bond donors (Lipinski definition) is 0. The molecule has 0 bridgehead atoms. The minimum Gasteiger partial charge on any atom is -0.342 e. The van der Waals surface area contributed by atoms with Gasteiger partial charge in [-0.25, -0.2) is 0 Å². The number of nitrogens with zero attached hydrogens (tertiary/aromatic N) is 1. The number of rotatable bonds is 2. The Morgan fingerprint density at radius 3 is 2.38 bits per heavy atom. The van der Waals surface area contributed by atoms with Gasteiger partial charge in [-0.05, 0) is 59.5 Å². The van der Waals surface area contributed by atoms with Gasteiger partial charge in [0.05, 0.1) is 6.42 Å². The number of hydrogen-bond acceptors (Lipinski definition) is 1. The molecule has 0 radical (unpaired) electrons. The number of carbonyl (C=O) groups is 1. The first kappa shape index (κ1) is 11.9. The summed E-state index contributed by atoms with van der Waals surface area (Å²) in [6.45, 7) is 1.90. The Bertz CT molecular complexity index is 355. The number of likely N-dealkylation sites (tertiary alicyclic amines) is 1. The van der Waals surface area contributed by atoms with Gasteiger partial charge in [-0.1, -0.05) is 12.1 Å². The summed E-state index contributed by atoms with van der Waals surface area (Å²) in [6.07, 6.45) is 4.15. The van der Waals surface area contributed by atoms with Gasteiger partial charge in [-0.15, -0.1) is 0 Å². The molecule has 1 aliphatic rings. The van der Waals surface area contributed by atoms with E-state index >= 15 is 0 Å². The van der Waals surface area contributed by atoms with Crippen molar-refractivity contribution in [1.29, 1.82) is 0 Å². The SMILES string of the molecule is O=C(Cc1ccc(I)cc1)N1CCCCC1. The first-order valence-corrected chi connectivity index (χ1v) is 6.86. The fraction of sp³-hybridized carbons (Fsp3) is 0.462. The molecule has 0 spiro atoms. The largest absolute Gasteiger partial charge is 0.342 e. The summed E-state index contributed by atoms with van der Waals surface area (Å²) in [7, 11) is 0. The second-order valence-corrected chi connectivity index (χ2v) is 5.49. The van der Waals surface area contributed by atoms with Crippen LogP contribution in [0.5, 0.6) is 0 Å². The minimum atomic E-state index is 0.279. The maximum Gasteiger partial charge on any atom is 0.226 e. The molecule has 1 aliphatic heterocycles. The van der Waals surface area contributed by atoms with Crippen LogP contribution in [0.25, 0.3) is 0 Å². The number of piperidine rings is 1. The van der Waals surface area contributed by atoms with E-state index in [2.05, 4.69) is 34.7 Å². The third-order valence-corrected chi connectivity index (χ3v) is 3.70. The highest BCUT2D eigenvalue weighted by Crippen LogP contribution is 2.12. The molecule has 2 nitrogen and oxygen atoms in total. The fourth-order valence-electron chi connectivity index (χ4n) is 2.03. The van der Waals surface area contributed by atoms with Crippen LogP contribution in [0.1, 0.15) is 24.8 Å². The lowest BCUT2D eigenvalue weighted by atomic mass is 10.1. The normalized spacial score (nSPS) is 16.2. The maximum absolute atomic E-state index is 12.0. The van der Waals surface area contributed by atoms with Gasteiger partial charge >= 0.3 is 0 Å². The van der Waals surface area contributed by atoms with Gasteiger partial charge in [0.2, 0.25) is 5.91 Å². The van der Waals surface area contributed by atoms with Gasteiger partial charge < -0.3 is 4.90 Å². The molecule has 0 aromatic heterocycles. The van der Waals surface area contributed by atoms with Crippen LogP contribution in [0, 0.1) is 3.57 Å². The number of benzene rings is 1. The summed E-state index contributed by atoms with van der Waals surface area (Å²) in [5.74, 6) is 0.279. The first-order valence-electron chi connectivity index (χ1n) is 5.78. The zero-order chi connectivity index (χ0) is 11.4. The van der Waals surface area contributed by atoms with Crippen molar-refractivity contribution in [3.8, 4) is 0 Å². The summed E-state index contributed by atoms with van der Waals surface area (Å²) < 4.78 is 1.21. The van der Waals surface area contributed by atoms with Crippen molar-refractivity contribution < 1.29 is 4.79 Å². The van der Waals surface area contributed by atoms with Crippen LogP contribution < -0.4 is 0 Å². The van der Waals surface area contributed by atoms with E-state index < -0.39 is 0 Å². The summed E-state index contributed by atoms with van der Waals surface area (Å²) in [4.78, 5) is 14.0. The average molecular weight is 329 g/mol. The van der Waals surface area contributed by atoms with Crippen LogP contribution in [0.4, 0.5) is 0 Å². The number of carbonyl (C=O) groups excluding carboxylic acids is 1. The van der Waals surface area contributed by atoms with Crippen molar-refractivity contribution in [2.45, 2.75) is 25.7 Å². The first-order chi connectivity index (χ1) is 7.75. The average Bonchev–Trinajstić information content (AvgIpc) is 2.33. The Morgan fingerprint density at radius 2 is 1.75 bits per heavy atom. The molecule has 1 fully saturated rings. The summed E-state index contributed by atoms with van der Waals surface area (Å²) in [5.41, 5.74) is 1.12. The standard InChI is InChI=1S/C13H16INO/c14-12-6-4-11(5-7-12)10-13(16)15-8-2-1-3-9-15/h4-7H,1-3,8-10H2. The van der Waals surface area contributed by atoms with E-state index in [0.29, 0.717) is 6.42 Å². The van der Waals surface area contributed by atoms with E-state index in [1.54, 1.807) is 0 Å². The van der Waals surface area contributed by atoms with Crippen LogP contribution in [0.15, 0.2) is 24.3 Å². The maximum atomic E-state index is 12.0. The molecule has 1 heterocycles. The Kier molecular flexibility index (Phi) is 4.21. The van der Waals surface area contributed by atoms with Crippen molar-refractivity contribution in [3.05, 3.63) is 33.4 Å². The smallest absolute Gasteiger partial charge is 0.226 e. The third kappa shape index (κ3) is 3.20. The summed E-state index contributed by atoms with van der Waals surface area (Å²) in [6, 6.07) is 8.20. The van der Waals surface area contributed by atoms with Gasteiger partial charge in [-0.2, -0.15) is 0 Å². The molecule has 1 saturated heterocycles. The Labute approximate surface area is 110 Å². The predicted molar refractivity (Wildman–Crippen MR) is 73.3 cm³/mol. The highest BCUT2D eigenvalue weighted by atomic mass is 127. The van der Waals surface area contributed by atoms with E-state index in [4.69, 9.17) is 0 Å². The van der Waals surface area contributed by atoms with Crippen LogP contribution in [0.3, 0.4) is 0 Å². The Hall–Kier alpha value is -0.580. The van der Waals surface area contributed by atoms with Crippen molar-refractivity contribution in [2.75, 3.05) is 13.1 Å². The minimum absolute atomic E-state index is 0.279. The molecule has 0 atom stereocenters. The Morgan fingerprint density at radius 1 is 1.12 bits per heavy atom. The van der Waals surface area contributed by atoms with E-state index in [-0.39, 0.29) is 5.91 Å². The van der Waals surface area contributed by atoms with E-state index in [0.717, 1.165) is 18.7 Å². The molecule has 0 aliphatic carbocycles. The van der Waals surface area contributed by atoms with Gasteiger partial charge in [0.1, 0.15) is 0 Å². The van der Waals surface area contributed by atoms with Crippen molar-refractivity contribution in [2.24, 2.45) is 0 Å². The molecular formula is C13H16INO. The van der Waals surface area contributed by atoms with E-state index in [9.17, 15) is 4.79 Å². The second-order valence-electron chi connectivity index (χ2n) is 4.24.